The van der Waals surface area contributed by atoms with Crippen molar-refractivity contribution in [3.05, 3.63) is 24.3 Å². The highest BCUT2D eigenvalue weighted by Crippen LogP contribution is 2.13. The van der Waals surface area contributed by atoms with Crippen LogP contribution < -0.4 is 0 Å². The first-order chi connectivity index (χ1) is 5.66. The Morgan fingerprint density at radius 1 is 1.75 bits per heavy atom. The smallest absolute Gasteiger partial charge is 0.339 e. The first-order valence-electron chi connectivity index (χ1n) is 3.44. The number of nitrogens with one attached hydrogen (secondary N) is 1. The van der Waals surface area contributed by atoms with Crippen molar-refractivity contribution in [1.29, 1.82) is 0 Å². The van der Waals surface area contributed by atoms with Gasteiger partial charge < -0.3 is 9.72 Å². The van der Waals surface area contributed by atoms with Crippen molar-refractivity contribution in [2.75, 3.05) is 7.11 Å². The molecule has 0 fully saturated rings. The molecule has 4 heteroatoms. The quantitative estimate of drug-likeness (QED) is 0.524. The summed E-state index contributed by atoms with van der Waals surface area (Å²) >= 11 is 0. The highest BCUT2D eigenvalue weighted by Gasteiger charge is 2.13. The number of methoxy groups -OCH3 is 1. The van der Waals surface area contributed by atoms with Gasteiger partial charge in [-0.25, -0.2) is 9.78 Å². The fraction of sp³-hybridized carbons (Fsp3) is 0.250. The molecule has 0 aliphatic rings. The van der Waals surface area contributed by atoms with E-state index in [4.69, 9.17) is 0 Å². The normalized spacial score (nSPS) is 9.50. The van der Waals surface area contributed by atoms with Gasteiger partial charge in [0.15, 0.2) is 0 Å². The van der Waals surface area contributed by atoms with Crippen molar-refractivity contribution in [3.8, 4) is 0 Å². The molecule has 0 saturated heterocycles. The summed E-state index contributed by atoms with van der Waals surface area (Å²) in [4.78, 5) is 17.8. The molecule has 0 amide bonds. The third-order valence-corrected chi connectivity index (χ3v) is 1.55. The van der Waals surface area contributed by atoms with Crippen molar-refractivity contribution in [3.63, 3.8) is 0 Å². The van der Waals surface area contributed by atoms with Crippen LogP contribution in [0.3, 0.4) is 0 Å². The number of hydrogen-bond acceptors (Lipinski definition) is 3. The molecule has 0 spiro atoms. The summed E-state index contributed by atoms with van der Waals surface area (Å²) in [7, 11) is 1.31. The Labute approximate surface area is 70.3 Å². The van der Waals surface area contributed by atoms with Crippen LogP contribution in [0.5, 0.6) is 0 Å². The molecule has 0 saturated carbocycles. The lowest BCUT2D eigenvalue weighted by molar-refractivity contribution is -0.133. The molecule has 4 nitrogen and oxygen atoms in total. The average Bonchev–Trinajstić information content (AvgIpc) is 2.48. The SMILES string of the molecule is C=C(C(=O)OC)c1nc[nH]c1C. The largest absolute Gasteiger partial charge is 0.465 e. The molecule has 12 heavy (non-hydrogen) atoms. The third kappa shape index (κ3) is 1.37. The lowest BCUT2D eigenvalue weighted by Crippen LogP contribution is -2.03. The van der Waals surface area contributed by atoms with Crippen LogP contribution in [0.15, 0.2) is 12.9 Å². The number of esters is 1. The topological polar surface area (TPSA) is 55.0 Å². The maximum Gasteiger partial charge on any atom is 0.339 e. The summed E-state index contributed by atoms with van der Waals surface area (Å²) < 4.78 is 4.50. The Kier molecular flexibility index (Phi) is 2.28. The molecule has 0 unspecified atom stereocenters. The maximum absolute atomic E-state index is 11.0. The lowest BCUT2D eigenvalue weighted by Gasteiger charge is -1.99. The van der Waals surface area contributed by atoms with Crippen LogP contribution in [-0.4, -0.2) is 23.0 Å². The van der Waals surface area contributed by atoms with Crippen molar-refractivity contribution in [2.45, 2.75) is 6.92 Å². The van der Waals surface area contributed by atoms with Gasteiger partial charge in [0.2, 0.25) is 0 Å². The van der Waals surface area contributed by atoms with Crippen molar-refractivity contribution in [2.24, 2.45) is 0 Å². The van der Waals surface area contributed by atoms with Gasteiger partial charge in [-0.15, -0.1) is 0 Å². The molecule has 0 aromatic carbocycles. The summed E-state index contributed by atoms with van der Waals surface area (Å²) in [6.07, 6.45) is 1.51. The van der Waals surface area contributed by atoms with E-state index in [-0.39, 0.29) is 5.57 Å². The Balaban J connectivity index is 2.93. The van der Waals surface area contributed by atoms with E-state index in [9.17, 15) is 4.79 Å². The first-order valence-corrected chi connectivity index (χ1v) is 3.44. The maximum atomic E-state index is 11.0. The molecule has 1 aromatic rings. The van der Waals surface area contributed by atoms with Gasteiger partial charge in [-0.2, -0.15) is 0 Å². The first kappa shape index (κ1) is 8.52. The molecule has 0 radical (unpaired) electrons. The Morgan fingerprint density at radius 2 is 2.42 bits per heavy atom. The van der Waals surface area contributed by atoms with Gasteiger partial charge in [0, 0.05) is 5.69 Å². The number of ether oxygens (including phenoxy) is 1. The fourth-order valence-electron chi connectivity index (χ4n) is 0.883. The number of hydrogen-bond donors (Lipinski definition) is 1. The number of aromatic amines is 1. The van der Waals surface area contributed by atoms with Gasteiger partial charge in [0.1, 0.15) is 0 Å². The molecule has 0 aliphatic carbocycles. The minimum atomic E-state index is -0.454. The number of aromatic nitrogens is 2. The standard InChI is InChI=1S/C8H10N2O2/c1-5(8(11)12-3)7-6(2)9-4-10-7/h4H,1H2,2-3H3,(H,9,10). The van der Waals surface area contributed by atoms with Crippen LogP contribution in [0.25, 0.3) is 5.57 Å². The summed E-state index contributed by atoms with van der Waals surface area (Å²) in [5.74, 6) is -0.454. The highest BCUT2D eigenvalue weighted by atomic mass is 16.5. The molecule has 1 heterocycles. The van der Waals surface area contributed by atoms with Gasteiger partial charge in [-0.1, -0.05) is 6.58 Å². The molecular weight excluding hydrogens is 156 g/mol. The predicted molar refractivity (Wildman–Crippen MR) is 44.4 cm³/mol. The zero-order chi connectivity index (χ0) is 9.14. The molecule has 0 aliphatic heterocycles. The molecule has 0 atom stereocenters. The second kappa shape index (κ2) is 3.21. The van der Waals surface area contributed by atoms with Crippen LogP contribution in [0.4, 0.5) is 0 Å². The predicted octanol–water partition coefficient (Wildman–Crippen LogP) is 0.904. The van der Waals surface area contributed by atoms with Gasteiger partial charge >= 0.3 is 5.97 Å². The highest BCUT2D eigenvalue weighted by molar-refractivity contribution is 6.15. The molecule has 1 N–H and O–H groups in total. The monoisotopic (exact) mass is 166 g/mol. The fourth-order valence-corrected chi connectivity index (χ4v) is 0.883. The van der Waals surface area contributed by atoms with Crippen LogP contribution in [0.1, 0.15) is 11.4 Å². The molecule has 1 rings (SSSR count). The lowest BCUT2D eigenvalue weighted by atomic mass is 10.2. The number of carbonyl (C=O) groups excluding carboxylic acids is 1. The van der Waals surface area contributed by atoms with Gasteiger partial charge in [-0.05, 0) is 6.92 Å². The Morgan fingerprint density at radius 3 is 2.83 bits per heavy atom. The molecular formula is C8H10N2O2. The van der Waals surface area contributed by atoms with E-state index in [1.807, 2.05) is 6.92 Å². The molecule has 1 aromatic heterocycles. The van der Waals surface area contributed by atoms with E-state index in [1.165, 1.54) is 13.4 Å². The van der Waals surface area contributed by atoms with Crippen LogP contribution in [-0.2, 0) is 9.53 Å². The van der Waals surface area contributed by atoms with Crippen molar-refractivity contribution < 1.29 is 9.53 Å². The average molecular weight is 166 g/mol. The number of carbonyl (C=O) groups is 1. The van der Waals surface area contributed by atoms with Gasteiger partial charge in [0.25, 0.3) is 0 Å². The second-order valence-corrected chi connectivity index (χ2v) is 2.35. The van der Waals surface area contributed by atoms with Crippen LogP contribution in [0.2, 0.25) is 0 Å². The summed E-state index contributed by atoms with van der Waals surface area (Å²) in [6.45, 7) is 5.39. The summed E-state index contributed by atoms with van der Waals surface area (Å²) in [6, 6.07) is 0. The van der Waals surface area contributed by atoms with Gasteiger partial charge in [0.05, 0.1) is 24.7 Å². The minimum absolute atomic E-state index is 0.274. The number of H-pyrrole nitrogens is 1. The third-order valence-electron chi connectivity index (χ3n) is 1.55. The van der Waals surface area contributed by atoms with Crippen LogP contribution in [0, 0.1) is 6.92 Å². The minimum Gasteiger partial charge on any atom is -0.465 e. The molecule has 0 bridgehead atoms. The van der Waals surface area contributed by atoms with E-state index in [0.717, 1.165) is 5.69 Å². The second-order valence-electron chi connectivity index (χ2n) is 2.35. The van der Waals surface area contributed by atoms with E-state index in [1.54, 1.807) is 0 Å². The van der Waals surface area contributed by atoms with Crippen LogP contribution >= 0.6 is 0 Å². The van der Waals surface area contributed by atoms with Gasteiger partial charge in [-0.3, -0.25) is 0 Å². The number of aryl methyl sites for hydroxylation is 1. The molecule has 64 valence electrons. The van der Waals surface area contributed by atoms with E-state index in [2.05, 4.69) is 21.3 Å². The van der Waals surface area contributed by atoms with Crippen molar-refractivity contribution in [1.82, 2.24) is 9.97 Å². The summed E-state index contributed by atoms with van der Waals surface area (Å²) in [5.41, 5.74) is 1.64. The Hall–Kier alpha value is -1.58. The number of nitrogens with zero attached hydrogens (tertiary/aromatic N) is 1. The summed E-state index contributed by atoms with van der Waals surface area (Å²) in [5, 5.41) is 0. The van der Waals surface area contributed by atoms with E-state index in [0.29, 0.717) is 5.69 Å². The number of imidazole rings is 1. The van der Waals surface area contributed by atoms with E-state index < -0.39 is 5.97 Å². The zero-order valence-electron chi connectivity index (χ0n) is 7.05. The Bertz CT molecular complexity index is 315. The van der Waals surface area contributed by atoms with E-state index >= 15 is 0 Å². The van der Waals surface area contributed by atoms with Crippen molar-refractivity contribution >= 4 is 11.5 Å². The number of rotatable bonds is 2. The zero-order valence-corrected chi connectivity index (χ0v) is 7.05.